The van der Waals surface area contributed by atoms with Gasteiger partial charge in [0.2, 0.25) is 6.79 Å². The minimum Gasteiger partial charge on any atom is -0.493 e. The third-order valence-corrected chi connectivity index (χ3v) is 6.52. The highest BCUT2D eigenvalue weighted by Gasteiger charge is 2.43. The molecule has 2 heterocycles. The molecular formula is C31H38N2O11. The Labute approximate surface area is 255 Å². The highest BCUT2D eigenvalue weighted by molar-refractivity contribution is 5.98. The molecule has 1 fully saturated rings. The summed E-state index contributed by atoms with van der Waals surface area (Å²) in [5.74, 6) is -5.44. The van der Waals surface area contributed by atoms with E-state index in [9.17, 15) is 24.0 Å². The number of rotatable bonds is 9. The molecule has 1 aromatic carbocycles. The van der Waals surface area contributed by atoms with Crippen molar-refractivity contribution in [1.82, 2.24) is 10.3 Å². The van der Waals surface area contributed by atoms with Gasteiger partial charge < -0.3 is 33.7 Å². The number of amides is 1. The summed E-state index contributed by atoms with van der Waals surface area (Å²) < 4.78 is 32.7. The summed E-state index contributed by atoms with van der Waals surface area (Å²) in [6.07, 6.45) is -1.04. The molecule has 1 saturated heterocycles. The maximum absolute atomic E-state index is 13.4. The Hall–Kier alpha value is -4.68. The van der Waals surface area contributed by atoms with Gasteiger partial charge in [0, 0.05) is 12.3 Å². The normalized spacial score (nSPS) is 20.6. The molecule has 0 radical (unpaired) electrons. The number of nitrogens with zero attached hydrogens (tertiary/aromatic N) is 1. The van der Waals surface area contributed by atoms with Crippen LogP contribution in [0.1, 0.15) is 63.5 Å². The van der Waals surface area contributed by atoms with Crippen LogP contribution < -0.4 is 14.8 Å². The largest absolute Gasteiger partial charge is 0.493 e. The third-order valence-electron chi connectivity index (χ3n) is 6.52. The number of methoxy groups -OCH3 is 1. The summed E-state index contributed by atoms with van der Waals surface area (Å²) in [6.45, 7) is 8.62. The van der Waals surface area contributed by atoms with Crippen molar-refractivity contribution in [2.75, 3.05) is 20.5 Å². The van der Waals surface area contributed by atoms with Gasteiger partial charge in [0.05, 0.1) is 18.4 Å². The molecule has 0 spiro atoms. The number of carbonyl (C=O) groups excluding carboxylic acids is 5. The number of aromatic nitrogens is 1. The van der Waals surface area contributed by atoms with Crippen molar-refractivity contribution < 1.29 is 52.4 Å². The Morgan fingerprint density at radius 2 is 1.75 bits per heavy atom. The minimum absolute atomic E-state index is 0.106. The van der Waals surface area contributed by atoms with Crippen molar-refractivity contribution in [2.45, 2.75) is 65.7 Å². The smallest absolute Gasteiger partial charge is 0.332 e. The number of carbonyl (C=O) groups is 5. The lowest BCUT2D eigenvalue weighted by Gasteiger charge is -2.29. The Morgan fingerprint density at radius 3 is 2.36 bits per heavy atom. The van der Waals surface area contributed by atoms with Gasteiger partial charge in [-0.05, 0) is 33.3 Å². The van der Waals surface area contributed by atoms with Gasteiger partial charge in [-0.1, -0.05) is 44.2 Å². The van der Waals surface area contributed by atoms with Crippen LogP contribution in [-0.2, 0) is 38.1 Å². The molecule has 13 nitrogen and oxygen atoms in total. The highest BCUT2D eigenvalue weighted by Crippen LogP contribution is 2.31. The molecule has 238 valence electrons. The minimum atomic E-state index is -1.47. The van der Waals surface area contributed by atoms with Crippen molar-refractivity contribution in [3.63, 3.8) is 0 Å². The van der Waals surface area contributed by atoms with Gasteiger partial charge in [-0.15, -0.1) is 0 Å². The zero-order valence-electron chi connectivity index (χ0n) is 25.8. The van der Waals surface area contributed by atoms with Crippen LogP contribution in [0.2, 0.25) is 0 Å². The van der Waals surface area contributed by atoms with E-state index in [0.717, 1.165) is 0 Å². The number of esters is 4. The molecule has 13 heteroatoms. The van der Waals surface area contributed by atoms with Crippen LogP contribution in [-0.4, -0.2) is 73.5 Å². The molecule has 1 aliphatic heterocycles. The first-order chi connectivity index (χ1) is 20.7. The van der Waals surface area contributed by atoms with Gasteiger partial charge in [-0.3, -0.25) is 19.2 Å². The first-order valence-corrected chi connectivity index (χ1v) is 14.0. The molecule has 0 bridgehead atoms. The monoisotopic (exact) mass is 614 g/mol. The van der Waals surface area contributed by atoms with Crippen molar-refractivity contribution in [3.8, 4) is 11.5 Å². The summed E-state index contributed by atoms with van der Waals surface area (Å²) in [5.41, 5.74) is -0.604. The Morgan fingerprint density at radius 1 is 1.07 bits per heavy atom. The molecule has 44 heavy (non-hydrogen) atoms. The quantitative estimate of drug-likeness (QED) is 0.250. The van der Waals surface area contributed by atoms with Gasteiger partial charge in [-0.25, -0.2) is 9.78 Å². The van der Waals surface area contributed by atoms with E-state index in [-0.39, 0.29) is 17.2 Å². The molecule has 4 atom stereocenters. The number of hydrogen-bond acceptors (Lipinski definition) is 12. The molecule has 1 aliphatic rings. The first-order valence-electron chi connectivity index (χ1n) is 14.0. The summed E-state index contributed by atoms with van der Waals surface area (Å²) in [6, 6.07) is 8.47. The van der Waals surface area contributed by atoms with Crippen molar-refractivity contribution in [1.29, 1.82) is 0 Å². The number of ether oxygens (including phenoxy) is 6. The number of cyclic esters (lactones) is 2. The lowest BCUT2D eigenvalue weighted by atomic mass is 9.90. The third kappa shape index (κ3) is 8.45. The standard InChI is InChI=1S/C31H38N2O11/c1-17(2)27(35)44-24-18(3)43-28(36)20(15-40-29(37)22(24)19-11-9-8-10-12-19)33-26(34)23-25(21(39-7)13-14-32-23)41-16-42-30(38)31(4,5)6/h8-14,17-18,20,22,24H,15-16H2,1-7H3,(H,33,34)/t18-,20-,22?,24-/m0/s1. The second-order valence-corrected chi connectivity index (χ2v) is 11.4. The Balaban J connectivity index is 1.87. The van der Waals surface area contributed by atoms with Gasteiger partial charge in [0.1, 0.15) is 18.6 Å². The van der Waals surface area contributed by atoms with Crippen molar-refractivity contribution >= 4 is 29.8 Å². The van der Waals surface area contributed by atoms with E-state index in [1.54, 1.807) is 65.0 Å². The van der Waals surface area contributed by atoms with Crippen LogP contribution in [0.5, 0.6) is 11.5 Å². The van der Waals surface area contributed by atoms with Crippen molar-refractivity contribution in [2.24, 2.45) is 11.3 Å². The predicted octanol–water partition coefficient (Wildman–Crippen LogP) is 2.95. The Kier molecular flexibility index (Phi) is 11.3. The van der Waals surface area contributed by atoms with Crippen LogP contribution in [0.4, 0.5) is 0 Å². The molecular weight excluding hydrogens is 576 g/mol. The first kappa shape index (κ1) is 33.8. The lowest BCUT2D eigenvalue weighted by molar-refractivity contribution is -0.172. The van der Waals surface area contributed by atoms with Crippen LogP contribution in [0.3, 0.4) is 0 Å². The maximum Gasteiger partial charge on any atom is 0.332 e. The average Bonchev–Trinajstić information content (AvgIpc) is 3.01. The molecule has 0 aliphatic carbocycles. The van der Waals surface area contributed by atoms with Gasteiger partial charge in [-0.2, -0.15) is 0 Å². The van der Waals surface area contributed by atoms with Gasteiger partial charge in [0.25, 0.3) is 5.91 Å². The molecule has 2 aromatic rings. The predicted molar refractivity (Wildman–Crippen MR) is 153 cm³/mol. The van der Waals surface area contributed by atoms with Crippen molar-refractivity contribution in [3.05, 3.63) is 53.9 Å². The zero-order chi connectivity index (χ0) is 32.6. The fourth-order valence-corrected chi connectivity index (χ4v) is 4.06. The number of benzene rings is 1. The summed E-state index contributed by atoms with van der Waals surface area (Å²) in [4.78, 5) is 68.9. The molecule has 1 N–H and O–H groups in total. The van der Waals surface area contributed by atoms with E-state index in [1.807, 2.05) is 0 Å². The average molecular weight is 615 g/mol. The van der Waals surface area contributed by atoms with E-state index >= 15 is 0 Å². The molecule has 1 aromatic heterocycles. The lowest BCUT2D eigenvalue weighted by Crippen LogP contribution is -2.46. The topological polar surface area (TPSA) is 166 Å². The van der Waals surface area contributed by atoms with Crippen LogP contribution in [0.15, 0.2) is 42.6 Å². The summed E-state index contributed by atoms with van der Waals surface area (Å²) in [7, 11) is 1.34. The van der Waals surface area contributed by atoms with E-state index in [0.29, 0.717) is 5.56 Å². The van der Waals surface area contributed by atoms with Gasteiger partial charge >= 0.3 is 23.9 Å². The second kappa shape index (κ2) is 14.7. The van der Waals surface area contributed by atoms with Gasteiger partial charge in [0.15, 0.2) is 29.3 Å². The maximum atomic E-state index is 13.4. The van der Waals surface area contributed by atoms with E-state index in [2.05, 4.69) is 10.3 Å². The summed E-state index contributed by atoms with van der Waals surface area (Å²) in [5, 5.41) is 2.46. The van der Waals surface area contributed by atoms with E-state index in [1.165, 1.54) is 26.3 Å². The van der Waals surface area contributed by atoms with Crippen LogP contribution in [0.25, 0.3) is 0 Å². The van der Waals surface area contributed by atoms with Crippen LogP contribution in [0, 0.1) is 11.3 Å². The highest BCUT2D eigenvalue weighted by atomic mass is 16.7. The van der Waals surface area contributed by atoms with E-state index in [4.69, 9.17) is 28.4 Å². The molecule has 0 saturated carbocycles. The number of pyridine rings is 1. The second-order valence-electron chi connectivity index (χ2n) is 11.4. The zero-order valence-corrected chi connectivity index (χ0v) is 25.8. The number of hydrogen-bond donors (Lipinski definition) is 1. The molecule has 3 rings (SSSR count). The molecule has 1 amide bonds. The van der Waals surface area contributed by atoms with E-state index < -0.39 is 78.7 Å². The Bertz CT molecular complexity index is 1350. The fourth-order valence-electron chi connectivity index (χ4n) is 4.06. The summed E-state index contributed by atoms with van der Waals surface area (Å²) >= 11 is 0. The van der Waals surface area contributed by atoms with Crippen LogP contribution >= 0.6 is 0 Å². The fraction of sp³-hybridized carbons (Fsp3) is 0.484. The number of nitrogens with one attached hydrogen (secondary N) is 1. The SMILES string of the molecule is COc1ccnc(C(=O)N[C@H]2COC(=O)C(c3ccccc3)[C@@H](OC(=O)C(C)C)[C@H](C)OC2=O)c1OCOC(=O)C(C)(C)C. The molecule has 1 unspecified atom stereocenters.